The van der Waals surface area contributed by atoms with Gasteiger partial charge in [0.25, 0.3) is 0 Å². The van der Waals surface area contributed by atoms with Gasteiger partial charge in [0.1, 0.15) is 22.3 Å². The lowest BCUT2D eigenvalue weighted by molar-refractivity contribution is 0.668. The van der Waals surface area contributed by atoms with E-state index < -0.39 is 0 Å². The van der Waals surface area contributed by atoms with E-state index in [0.717, 1.165) is 66.6 Å². The smallest absolute Gasteiger partial charge is 0.248 e. The molecule has 0 amide bonds. The molecule has 2 aliphatic rings. The van der Waals surface area contributed by atoms with Crippen LogP contribution in [0.2, 0.25) is 0 Å². The second kappa shape index (κ2) is 11.9. The highest BCUT2D eigenvalue weighted by Crippen LogP contribution is 2.59. The molecule has 0 aliphatic carbocycles. The Morgan fingerprint density at radius 2 is 0.983 bits per heavy atom. The predicted octanol–water partition coefficient (Wildman–Crippen LogP) is 13.4. The van der Waals surface area contributed by atoms with Crippen LogP contribution in [0.1, 0.15) is 27.8 Å². The molecule has 0 saturated heterocycles. The molecule has 0 N–H and O–H groups in total. The van der Waals surface area contributed by atoms with Crippen LogP contribution in [-0.2, 0) is 0 Å². The molecule has 4 nitrogen and oxygen atoms in total. The molecule has 0 fully saturated rings. The largest absolute Gasteiger partial charge is 0.456 e. The Balaban J connectivity index is 1.26. The van der Waals surface area contributed by atoms with E-state index in [2.05, 4.69) is 190 Å². The number of anilines is 6. The molecule has 11 aromatic rings. The van der Waals surface area contributed by atoms with Crippen LogP contribution in [0.15, 0.2) is 154 Å². The van der Waals surface area contributed by atoms with Gasteiger partial charge in [-0.2, -0.15) is 0 Å². The lowest BCUT2D eigenvalue weighted by Crippen LogP contribution is -2.59. The van der Waals surface area contributed by atoms with Crippen molar-refractivity contribution in [1.29, 1.82) is 0 Å². The molecule has 0 spiro atoms. The van der Waals surface area contributed by atoms with Gasteiger partial charge in [-0.25, -0.2) is 0 Å². The van der Waals surface area contributed by atoms with Crippen molar-refractivity contribution in [3.8, 4) is 0 Å². The first-order valence-electron chi connectivity index (χ1n) is 20.9. The molecular weight excluding hydrogens is 731 g/mol. The standard InChI is InChI=1S/C55H39BN2O2/c1-30-17-19-39-48(25-30)59-46-16-10-15-42(50(39)46)57-43-27-35-11-6-7-12-36(35)28-44(43)58-54-41(21-22-47-51(54)40-20-18-31(2)26-49(40)60-47)56(52-33(4)23-32(3)24-34(52)5)53-38-14-9-8-13-37(38)29-45(57)55(53)58/h6-29H,1-5H3. The van der Waals surface area contributed by atoms with Crippen molar-refractivity contribution in [1.82, 2.24) is 0 Å². The number of hydrogen-bond donors (Lipinski definition) is 0. The minimum atomic E-state index is -0.0612. The first kappa shape index (κ1) is 33.7. The first-order valence-corrected chi connectivity index (χ1v) is 20.9. The van der Waals surface area contributed by atoms with E-state index >= 15 is 0 Å². The van der Waals surface area contributed by atoms with Crippen LogP contribution < -0.4 is 26.2 Å². The number of aryl methyl sites for hydroxylation is 5. The molecular formula is C55H39BN2O2. The summed E-state index contributed by atoms with van der Waals surface area (Å²) in [5, 5.41) is 9.35. The number of fused-ring (bicyclic) bond motifs is 14. The number of hydrogen-bond acceptors (Lipinski definition) is 4. The Morgan fingerprint density at radius 1 is 0.383 bits per heavy atom. The van der Waals surface area contributed by atoms with Gasteiger partial charge in [0.05, 0.1) is 44.9 Å². The molecule has 60 heavy (non-hydrogen) atoms. The van der Waals surface area contributed by atoms with Crippen LogP contribution in [0, 0.1) is 34.6 Å². The van der Waals surface area contributed by atoms with Gasteiger partial charge in [-0.15, -0.1) is 0 Å². The topological polar surface area (TPSA) is 32.8 Å². The molecule has 13 rings (SSSR count). The van der Waals surface area contributed by atoms with E-state index in [1.54, 1.807) is 0 Å². The minimum Gasteiger partial charge on any atom is -0.456 e. The first-order chi connectivity index (χ1) is 29.3. The second-order valence-electron chi connectivity index (χ2n) is 17.2. The summed E-state index contributed by atoms with van der Waals surface area (Å²) >= 11 is 0. The monoisotopic (exact) mass is 770 g/mol. The summed E-state index contributed by atoms with van der Waals surface area (Å²) in [4.78, 5) is 5.14. The maximum absolute atomic E-state index is 6.79. The number of benzene rings is 9. The summed E-state index contributed by atoms with van der Waals surface area (Å²) < 4.78 is 13.4. The molecule has 2 aromatic heterocycles. The average Bonchev–Trinajstić information content (AvgIpc) is 3.80. The van der Waals surface area contributed by atoms with Gasteiger partial charge in [0.2, 0.25) is 6.71 Å². The van der Waals surface area contributed by atoms with Gasteiger partial charge >= 0.3 is 0 Å². The predicted molar refractivity (Wildman–Crippen MR) is 254 cm³/mol. The SMILES string of the molecule is Cc1cc(C)c(B2c3ccc4oc5cc(C)ccc5c4c3N3c4cc5ccccc5cc4N(c4cccc5oc6cc(C)ccc6c45)c4cc5ccccc5c2c43)c(C)c1. The van der Waals surface area contributed by atoms with Crippen molar-refractivity contribution < 1.29 is 8.83 Å². The molecule has 0 unspecified atom stereocenters. The molecule has 4 heterocycles. The highest BCUT2D eigenvalue weighted by molar-refractivity contribution is 7.00. The zero-order chi connectivity index (χ0) is 40.1. The summed E-state index contributed by atoms with van der Waals surface area (Å²) in [5.74, 6) is 0. The third-order valence-corrected chi connectivity index (χ3v) is 13.3. The van der Waals surface area contributed by atoms with Gasteiger partial charge < -0.3 is 18.6 Å². The van der Waals surface area contributed by atoms with Crippen molar-refractivity contribution in [3.63, 3.8) is 0 Å². The number of nitrogens with zero attached hydrogens (tertiary/aromatic N) is 2. The van der Waals surface area contributed by atoms with Gasteiger partial charge in [0.15, 0.2) is 0 Å². The maximum atomic E-state index is 6.79. The van der Waals surface area contributed by atoms with E-state index in [1.165, 1.54) is 77.1 Å². The average molecular weight is 771 g/mol. The highest BCUT2D eigenvalue weighted by atomic mass is 16.3. The van der Waals surface area contributed by atoms with Crippen LogP contribution in [0.4, 0.5) is 34.1 Å². The van der Waals surface area contributed by atoms with Crippen molar-refractivity contribution in [2.75, 3.05) is 9.80 Å². The van der Waals surface area contributed by atoms with Crippen molar-refractivity contribution >= 4 is 123 Å². The quantitative estimate of drug-likeness (QED) is 0.164. The summed E-state index contributed by atoms with van der Waals surface area (Å²) in [6.45, 7) is 11.0. The summed E-state index contributed by atoms with van der Waals surface area (Å²) in [6, 6.07) is 54.1. The van der Waals surface area contributed by atoms with Crippen LogP contribution >= 0.6 is 0 Å². The van der Waals surface area contributed by atoms with Crippen LogP contribution in [0.5, 0.6) is 0 Å². The fraction of sp³-hybridized carbons (Fsp3) is 0.0909. The van der Waals surface area contributed by atoms with E-state index in [-0.39, 0.29) is 6.71 Å². The van der Waals surface area contributed by atoms with Gasteiger partial charge in [0, 0.05) is 10.8 Å². The number of furan rings is 2. The van der Waals surface area contributed by atoms with E-state index in [9.17, 15) is 0 Å². The van der Waals surface area contributed by atoms with Gasteiger partial charge in [-0.1, -0.05) is 119 Å². The van der Waals surface area contributed by atoms with E-state index in [0.29, 0.717) is 0 Å². The van der Waals surface area contributed by atoms with Gasteiger partial charge in [-0.3, -0.25) is 0 Å². The Morgan fingerprint density at radius 3 is 1.68 bits per heavy atom. The highest BCUT2D eigenvalue weighted by Gasteiger charge is 2.45. The third-order valence-electron chi connectivity index (χ3n) is 13.3. The fourth-order valence-electron chi connectivity index (χ4n) is 11.0. The second-order valence-corrected chi connectivity index (χ2v) is 17.2. The minimum absolute atomic E-state index is 0.0612. The fourth-order valence-corrected chi connectivity index (χ4v) is 11.0. The van der Waals surface area contributed by atoms with E-state index in [1.807, 2.05) is 0 Å². The molecule has 9 aromatic carbocycles. The van der Waals surface area contributed by atoms with E-state index in [4.69, 9.17) is 8.83 Å². The summed E-state index contributed by atoms with van der Waals surface area (Å²) in [6.07, 6.45) is 0. The summed E-state index contributed by atoms with van der Waals surface area (Å²) in [5.41, 5.74) is 20.6. The molecule has 284 valence electrons. The normalized spacial score (nSPS) is 13.3. The zero-order valence-electron chi connectivity index (χ0n) is 34.1. The molecule has 5 heteroatoms. The van der Waals surface area contributed by atoms with Crippen LogP contribution in [0.25, 0.3) is 65.4 Å². The van der Waals surface area contributed by atoms with Crippen molar-refractivity contribution in [2.45, 2.75) is 34.6 Å². The maximum Gasteiger partial charge on any atom is 0.248 e. The zero-order valence-corrected chi connectivity index (χ0v) is 34.1. The Bertz CT molecular complexity index is 3680. The van der Waals surface area contributed by atoms with Crippen LogP contribution in [-0.4, -0.2) is 6.71 Å². The van der Waals surface area contributed by atoms with Crippen LogP contribution in [0.3, 0.4) is 0 Å². The third kappa shape index (κ3) is 4.47. The molecule has 0 atom stereocenters. The molecule has 0 radical (unpaired) electrons. The Kier molecular flexibility index (Phi) is 6.70. The Hall–Kier alpha value is -7.24. The van der Waals surface area contributed by atoms with Gasteiger partial charge in [-0.05, 0) is 127 Å². The lowest BCUT2D eigenvalue weighted by atomic mass is 9.33. The van der Waals surface area contributed by atoms with Crippen molar-refractivity contribution in [3.05, 3.63) is 173 Å². The molecule has 0 saturated carbocycles. The summed E-state index contributed by atoms with van der Waals surface area (Å²) in [7, 11) is 0. The molecule has 2 aliphatic heterocycles. The number of rotatable bonds is 2. The van der Waals surface area contributed by atoms with Crippen molar-refractivity contribution in [2.24, 2.45) is 0 Å². The molecule has 0 bridgehead atoms. The Labute approximate surface area is 347 Å². The lowest BCUT2D eigenvalue weighted by Gasteiger charge is -2.46.